The molecule has 8 heteroatoms. The highest BCUT2D eigenvalue weighted by Gasteiger charge is 2.40. The number of aliphatic carboxylic acids is 1. The molecular formula is C33H37N3O5. The number of amides is 2. The molecule has 3 aromatic carbocycles. The van der Waals surface area contributed by atoms with E-state index in [0.29, 0.717) is 19.5 Å². The quantitative estimate of drug-likeness (QED) is 0.396. The van der Waals surface area contributed by atoms with Gasteiger partial charge in [-0.3, -0.25) is 9.69 Å². The van der Waals surface area contributed by atoms with Gasteiger partial charge in [0.1, 0.15) is 18.7 Å². The maximum absolute atomic E-state index is 13.8. The number of carbonyl (C=O) groups excluding carboxylic acids is 2. The van der Waals surface area contributed by atoms with Crippen molar-refractivity contribution in [3.63, 3.8) is 0 Å². The van der Waals surface area contributed by atoms with Crippen LogP contribution in [0.15, 0.2) is 78.9 Å². The average molecular weight is 556 g/mol. The molecule has 3 unspecified atom stereocenters. The summed E-state index contributed by atoms with van der Waals surface area (Å²) >= 11 is 0. The minimum absolute atomic E-state index is 0.109. The maximum Gasteiger partial charge on any atom is 0.407 e. The molecule has 5 rings (SSSR count). The van der Waals surface area contributed by atoms with Crippen molar-refractivity contribution in [1.29, 1.82) is 0 Å². The lowest BCUT2D eigenvalue weighted by atomic mass is 9.90. The highest BCUT2D eigenvalue weighted by molar-refractivity contribution is 5.90. The molecule has 0 radical (unpaired) electrons. The molecule has 0 aromatic heterocycles. The minimum Gasteiger partial charge on any atom is -0.480 e. The van der Waals surface area contributed by atoms with Crippen molar-refractivity contribution in [3.05, 3.63) is 95.6 Å². The number of likely N-dealkylation sites (N-methyl/N-ethyl adjacent to an activating group) is 1. The topological polar surface area (TPSA) is 99.2 Å². The van der Waals surface area contributed by atoms with E-state index in [1.54, 1.807) is 0 Å². The summed E-state index contributed by atoms with van der Waals surface area (Å²) in [4.78, 5) is 42.5. The molecule has 2 amide bonds. The minimum atomic E-state index is -1.02. The number of rotatable bonds is 9. The summed E-state index contributed by atoms with van der Waals surface area (Å²) in [5.41, 5.74) is 5.53. The van der Waals surface area contributed by atoms with Crippen LogP contribution in [0.5, 0.6) is 0 Å². The van der Waals surface area contributed by atoms with Gasteiger partial charge in [-0.05, 0) is 53.6 Å². The number of nitrogens with zero attached hydrogens (tertiary/aromatic N) is 2. The van der Waals surface area contributed by atoms with Crippen molar-refractivity contribution >= 4 is 18.0 Å². The Morgan fingerprint density at radius 2 is 1.59 bits per heavy atom. The first kappa shape index (κ1) is 28.4. The molecule has 0 saturated carbocycles. The van der Waals surface area contributed by atoms with E-state index in [0.717, 1.165) is 34.2 Å². The van der Waals surface area contributed by atoms with Gasteiger partial charge in [0.25, 0.3) is 0 Å². The van der Waals surface area contributed by atoms with E-state index in [2.05, 4.69) is 29.6 Å². The number of fused-ring (bicyclic) bond motifs is 3. The summed E-state index contributed by atoms with van der Waals surface area (Å²) in [7, 11) is 1.88. The number of ether oxygens (including phenoxy) is 1. The number of nitrogens with one attached hydrogen (secondary N) is 1. The van der Waals surface area contributed by atoms with E-state index in [4.69, 9.17) is 4.74 Å². The largest absolute Gasteiger partial charge is 0.480 e. The van der Waals surface area contributed by atoms with Crippen LogP contribution in [-0.4, -0.2) is 71.7 Å². The van der Waals surface area contributed by atoms with E-state index in [1.807, 2.05) is 73.5 Å². The lowest BCUT2D eigenvalue weighted by Gasteiger charge is -2.39. The third kappa shape index (κ3) is 6.28. The molecule has 1 saturated heterocycles. The van der Waals surface area contributed by atoms with Gasteiger partial charge in [0.2, 0.25) is 5.91 Å². The number of likely N-dealkylation sites (tertiary alicyclic amines) is 1. The van der Waals surface area contributed by atoms with E-state index >= 15 is 0 Å². The molecule has 41 heavy (non-hydrogen) atoms. The van der Waals surface area contributed by atoms with Gasteiger partial charge in [0.05, 0.1) is 0 Å². The predicted octanol–water partition coefficient (Wildman–Crippen LogP) is 4.74. The molecule has 1 aliphatic carbocycles. The van der Waals surface area contributed by atoms with Crippen LogP contribution in [0.2, 0.25) is 0 Å². The molecular weight excluding hydrogens is 518 g/mol. The second kappa shape index (κ2) is 12.6. The Morgan fingerprint density at radius 1 is 0.976 bits per heavy atom. The van der Waals surface area contributed by atoms with Crippen molar-refractivity contribution in [2.45, 2.75) is 44.3 Å². The zero-order chi connectivity index (χ0) is 28.9. The van der Waals surface area contributed by atoms with Gasteiger partial charge >= 0.3 is 12.1 Å². The van der Waals surface area contributed by atoms with Crippen LogP contribution in [0.3, 0.4) is 0 Å². The van der Waals surface area contributed by atoms with E-state index < -0.39 is 30.1 Å². The summed E-state index contributed by atoms with van der Waals surface area (Å²) < 4.78 is 5.75. The van der Waals surface area contributed by atoms with Crippen molar-refractivity contribution in [1.82, 2.24) is 15.1 Å². The number of benzene rings is 3. The molecule has 214 valence electrons. The molecule has 1 aliphatic heterocycles. The van der Waals surface area contributed by atoms with Gasteiger partial charge in [-0.15, -0.1) is 0 Å². The number of piperidine rings is 1. The van der Waals surface area contributed by atoms with Gasteiger partial charge in [-0.2, -0.15) is 0 Å². The summed E-state index contributed by atoms with van der Waals surface area (Å²) in [6.07, 6.45) is 0.753. The van der Waals surface area contributed by atoms with E-state index in [-0.39, 0.29) is 25.0 Å². The third-order valence-corrected chi connectivity index (χ3v) is 8.19. The Morgan fingerprint density at radius 3 is 2.22 bits per heavy atom. The second-order valence-corrected chi connectivity index (χ2v) is 11.1. The number of carbonyl (C=O) groups is 3. The Balaban J connectivity index is 1.31. The van der Waals surface area contributed by atoms with Crippen molar-refractivity contribution in [3.8, 4) is 11.1 Å². The zero-order valence-electron chi connectivity index (χ0n) is 23.5. The van der Waals surface area contributed by atoms with Crippen LogP contribution in [0.25, 0.3) is 11.1 Å². The fourth-order valence-electron chi connectivity index (χ4n) is 6.25. The SMILES string of the molecule is CC1CCCN(C(=O)C(CN(C)Cc2ccccc2)NC(=O)OCC2c3ccccc3-c3ccccc32)C1C(=O)O. The van der Waals surface area contributed by atoms with Crippen LogP contribution in [0.4, 0.5) is 4.79 Å². The third-order valence-electron chi connectivity index (χ3n) is 8.19. The van der Waals surface area contributed by atoms with Gasteiger partial charge in [0, 0.05) is 25.6 Å². The standard InChI is InChI=1S/C33H37N3O5/c1-22-11-10-18-36(30(22)32(38)39)31(37)29(20-35(2)19-23-12-4-3-5-13-23)34-33(40)41-21-28-26-16-8-6-14-24(26)25-15-7-9-17-27(25)28/h3-9,12-17,22,28-30H,10-11,18-21H2,1-2H3,(H,34,40)(H,38,39). The highest BCUT2D eigenvalue weighted by atomic mass is 16.5. The average Bonchev–Trinajstić information content (AvgIpc) is 3.29. The Kier molecular flexibility index (Phi) is 8.69. The number of carboxylic acids is 1. The molecule has 1 fully saturated rings. The first-order valence-corrected chi connectivity index (χ1v) is 14.2. The van der Waals surface area contributed by atoms with Gasteiger partial charge < -0.3 is 20.1 Å². The zero-order valence-corrected chi connectivity index (χ0v) is 23.5. The van der Waals surface area contributed by atoms with Crippen LogP contribution in [-0.2, 0) is 20.9 Å². The van der Waals surface area contributed by atoms with Crippen molar-refractivity contribution < 1.29 is 24.2 Å². The van der Waals surface area contributed by atoms with E-state index in [9.17, 15) is 19.5 Å². The normalized spacial score (nSPS) is 18.9. The lowest BCUT2D eigenvalue weighted by molar-refractivity contribution is -0.155. The number of hydrogen-bond acceptors (Lipinski definition) is 5. The highest BCUT2D eigenvalue weighted by Crippen LogP contribution is 2.44. The fraction of sp³-hybridized carbons (Fsp3) is 0.364. The molecule has 3 aromatic rings. The summed E-state index contributed by atoms with van der Waals surface area (Å²) in [5.74, 6) is -1.72. The summed E-state index contributed by atoms with van der Waals surface area (Å²) in [6, 6.07) is 24.2. The van der Waals surface area contributed by atoms with E-state index in [1.165, 1.54) is 4.90 Å². The Bertz CT molecular complexity index is 1350. The summed E-state index contributed by atoms with van der Waals surface area (Å²) in [5, 5.41) is 12.7. The smallest absolute Gasteiger partial charge is 0.407 e. The molecule has 0 spiro atoms. The van der Waals surface area contributed by atoms with Crippen molar-refractivity contribution in [2.75, 3.05) is 26.7 Å². The van der Waals surface area contributed by atoms with Gasteiger partial charge in [0.15, 0.2) is 0 Å². The van der Waals surface area contributed by atoms with Gasteiger partial charge in [-0.25, -0.2) is 9.59 Å². The first-order valence-electron chi connectivity index (χ1n) is 14.2. The first-order chi connectivity index (χ1) is 19.8. The van der Waals surface area contributed by atoms with Crippen LogP contribution in [0.1, 0.15) is 42.4 Å². The lowest BCUT2D eigenvalue weighted by Crippen LogP contribution is -2.59. The molecule has 2 aliphatic rings. The number of hydrogen-bond donors (Lipinski definition) is 2. The van der Waals surface area contributed by atoms with Crippen molar-refractivity contribution in [2.24, 2.45) is 5.92 Å². The van der Waals surface area contributed by atoms with Crippen LogP contribution >= 0.6 is 0 Å². The van der Waals surface area contributed by atoms with Gasteiger partial charge in [-0.1, -0.05) is 85.8 Å². The van der Waals surface area contributed by atoms with Crippen LogP contribution < -0.4 is 5.32 Å². The summed E-state index contributed by atoms with van der Waals surface area (Å²) in [6.45, 7) is 3.09. The molecule has 1 heterocycles. The molecule has 8 nitrogen and oxygen atoms in total. The molecule has 2 N–H and O–H groups in total. The predicted molar refractivity (Wildman–Crippen MR) is 156 cm³/mol. The molecule has 3 atom stereocenters. The second-order valence-electron chi connectivity index (χ2n) is 11.1. The fourth-order valence-corrected chi connectivity index (χ4v) is 6.25. The maximum atomic E-state index is 13.8. The number of alkyl carbamates (subject to hydrolysis) is 1. The Labute approximate surface area is 240 Å². The Hall–Kier alpha value is -4.17. The monoisotopic (exact) mass is 555 g/mol. The number of carboxylic acid groups (broad SMARTS) is 1. The van der Waals surface area contributed by atoms with Crippen LogP contribution in [0, 0.1) is 5.92 Å². The molecule has 0 bridgehead atoms.